The molecule has 0 aliphatic carbocycles. The Morgan fingerprint density at radius 3 is 2.85 bits per heavy atom. The average molecular weight is 301 g/mol. The Kier molecular flexibility index (Phi) is 2.52. The lowest BCUT2D eigenvalue weighted by Gasteiger charge is -2.01. The summed E-state index contributed by atoms with van der Waals surface area (Å²) in [4.78, 5) is 10.2. The predicted molar refractivity (Wildman–Crippen MR) is 82.1 cm³/mol. The zero-order valence-electron chi connectivity index (χ0n) is 10.5. The van der Waals surface area contributed by atoms with Crippen LogP contribution in [-0.2, 0) is 7.05 Å². The van der Waals surface area contributed by atoms with Crippen LogP contribution in [0.4, 0.5) is 0 Å². The second-order valence-corrected chi connectivity index (χ2v) is 6.24. The molecule has 0 aliphatic rings. The smallest absolute Gasteiger partial charge is 0.0993 e. The van der Waals surface area contributed by atoms with E-state index in [1.165, 1.54) is 11.3 Å². The fourth-order valence-corrected chi connectivity index (χ4v) is 3.23. The number of halogens is 1. The van der Waals surface area contributed by atoms with E-state index >= 15 is 0 Å². The summed E-state index contributed by atoms with van der Waals surface area (Å²) < 4.78 is 2.59. The molecule has 4 nitrogen and oxygen atoms in total. The van der Waals surface area contributed by atoms with Crippen molar-refractivity contribution in [3.05, 3.63) is 41.0 Å². The van der Waals surface area contributed by atoms with Gasteiger partial charge in [-0.25, -0.2) is 4.98 Å². The van der Waals surface area contributed by atoms with E-state index in [0.717, 1.165) is 36.8 Å². The van der Waals surface area contributed by atoms with Gasteiger partial charge in [-0.2, -0.15) is 5.10 Å². The van der Waals surface area contributed by atoms with E-state index in [2.05, 4.69) is 15.1 Å². The summed E-state index contributed by atoms with van der Waals surface area (Å²) in [7, 11) is 1.92. The molecule has 0 atom stereocenters. The summed E-state index contributed by atoms with van der Waals surface area (Å²) in [5.41, 5.74) is 3.63. The van der Waals surface area contributed by atoms with Crippen LogP contribution in [0.3, 0.4) is 0 Å². The maximum Gasteiger partial charge on any atom is 0.0993 e. The Labute approximate surface area is 123 Å². The maximum absolute atomic E-state index is 5.97. The summed E-state index contributed by atoms with van der Waals surface area (Å²) >= 11 is 7.47. The van der Waals surface area contributed by atoms with Crippen LogP contribution in [0.2, 0.25) is 4.34 Å². The molecule has 0 aliphatic heterocycles. The lowest BCUT2D eigenvalue weighted by molar-refractivity contribution is 0.797. The van der Waals surface area contributed by atoms with Crippen molar-refractivity contribution >= 4 is 44.9 Å². The number of rotatable bonds is 1. The first-order valence-corrected chi connectivity index (χ1v) is 7.24. The zero-order chi connectivity index (χ0) is 13.7. The molecule has 0 bridgehead atoms. The third-order valence-electron chi connectivity index (χ3n) is 3.23. The van der Waals surface area contributed by atoms with Crippen LogP contribution in [-0.4, -0.2) is 19.7 Å². The minimum Gasteiger partial charge on any atom is -0.268 e. The second-order valence-electron chi connectivity index (χ2n) is 4.53. The van der Waals surface area contributed by atoms with Gasteiger partial charge < -0.3 is 0 Å². The van der Waals surface area contributed by atoms with Crippen molar-refractivity contribution in [1.29, 1.82) is 0 Å². The third-order valence-corrected chi connectivity index (χ3v) is 4.49. The Hall–Kier alpha value is -1.98. The monoisotopic (exact) mass is 300 g/mol. The second kappa shape index (κ2) is 4.26. The molecule has 0 saturated heterocycles. The fourth-order valence-electron chi connectivity index (χ4n) is 2.23. The van der Waals surface area contributed by atoms with Crippen molar-refractivity contribution in [3.8, 4) is 10.6 Å². The van der Waals surface area contributed by atoms with Crippen LogP contribution in [0, 0.1) is 0 Å². The molecule has 0 spiro atoms. The van der Waals surface area contributed by atoms with E-state index in [4.69, 9.17) is 11.6 Å². The summed E-state index contributed by atoms with van der Waals surface area (Å²) in [5.74, 6) is 0. The van der Waals surface area contributed by atoms with Crippen molar-refractivity contribution in [2.24, 2.45) is 7.05 Å². The van der Waals surface area contributed by atoms with E-state index < -0.39 is 0 Å². The molecule has 98 valence electrons. The van der Waals surface area contributed by atoms with Gasteiger partial charge in [-0.05, 0) is 24.3 Å². The number of aromatic nitrogens is 4. The molecular formula is C14H9ClN4S. The Morgan fingerprint density at radius 1 is 1.15 bits per heavy atom. The molecule has 1 aromatic carbocycles. The minimum absolute atomic E-state index is 0.754. The van der Waals surface area contributed by atoms with E-state index in [-0.39, 0.29) is 0 Å². The predicted octanol–water partition coefficient (Wildman–Crippen LogP) is 3.90. The lowest BCUT2D eigenvalue weighted by Crippen LogP contribution is -1.91. The van der Waals surface area contributed by atoms with Crippen LogP contribution < -0.4 is 0 Å². The summed E-state index contributed by atoms with van der Waals surface area (Å²) in [6.07, 6.45) is 3.62. The third kappa shape index (κ3) is 1.78. The first-order chi connectivity index (χ1) is 9.70. The number of benzene rings is 1. The number of fused-ring (bicyclic) bond motifs is 2. The molecule has 20 heavy (non-hydrogen) atoms. The number of thiophene rings is 1. The molecule has 4 rings (SSSR count). The van der Waals surface area contributed by atoms with Gasteiger partial charge in [-0.1, -0.05) is 11.6 Å². The number of hydrogen-bond donors (Lipinski definition) is 0. The zero-order valence-corrected chi connectivity index (χ0v) is 12.1. The molecule has 0 saturated carbocycles. The van der Waals surface area contributed by atoms with E-state index in [9.17, 15) is 0 Å². The summed E-state index contributed by atoms with van der Waals surface area (Å²) in [6.45, 7) is 0. The van der Waals surface area contributed by atoms with Crippen LogP contribution in [0.5, 0.6) is 0 Å². The first-order valence-electron chi connectivity index (χ1n) is 6.05. The molecule has 0 radical (unpaired) electrons. The molecule has 3 aromatic heterocycles. The number of nitrogens with zero attached hydrogens (tertiary/aromatic N) is 4. The average Bonchev–Trinajstić information content (AvgIpc) is 3.03. The highest BCUT2D eigenvalue weighted by Gasteiger charge is 2.08. The highest BCUT2D eigenvalue weighted by Crippen LogP contribution is 2.30. The summed E-state index contributed by atoms with van der Waals surface area (Å²) in [5, 5.41) is 5.32. The van der Waals surface area contributed by atoms with Gasteiger partial charge in [0, 0.05) is 12.4 Å². The summed E-state index contributed by atoms with van der Waals surface area (Å²) in [6, 6.07) is 7.86. The molecule has 0 unspecified atom stereocenters. The topological polar surface area (TPSA) is 43.6 Å². The Bertz CT molecular complexity index is 941. The first kappa shape index (κ1) is 11.8. The molecule has 0 amide bonds. The molecular weight excluding hydrogens is 292 g/mol. The minimum atomic E-state index is 0.754. The number of aryl methyl sites for hydroxylation is 1. The van der Waals surface area contributed by atoms with Crippen LogP contribution in [0.25, 0.3) is 32.5 Å². The van der Waals surface area contributed by atoms with Gasteiger partial charge in [0.15, 0.2) is 0 Å². The van der Waals surface area contributed by atoms with E-state index in [1.807, 2.05) is 42.2 Å². The molecule has 0 fully saturated rings. The van der Waals surface area contributed by atoms with Gasteiger partial charge in [0.2, 0.25) is 0 Å². The van der Waals surface area contributed by atoms with Crippen molar-refractivity contribution < 1.29 is 0 Å². The standard InChI is InChI=1S/C14H9ClN4S/c1-19-12-5-10-9(4-8(12)6-17-19)16-7-11(18-10)13-2-3-14(15)20-13/h2-7H,1H3. The van der Waals surface area contributed by atoms with Gasteiger partial charge >= 0.3 is 0 Å². The van der Waals surface area contributed by atoms with Crippen molar-refractivity contribution in [1.82, 2.24) is 19.7 Å². The normalized spacial score (nSPS) is 11.5. The maximum atomic E-state index is 5.97. The van der Waals surface area contributed by atoms with Crippen LogP contribution >= 0.6 is 22.9 Å². The van der Waals surface area contributed by atoms with E-state index in [1.54, 1.807) is 6.20 Å². The Morgan fingerprint density at radius 2 is 2.05 bits per heavy atom. The van der Waals surface area contributed by atoms with Gasteiger partial charge in [0.25, 0.3) is 0 Å². The molecule has 6 heteroatoms. The van der Waals surface area contributed by atoms with Crippen molar-refractivity contribution in [2.75, 3.05) is 0 Å². The van der Waals surface area contributed by atoms with Gasteiger partial charge in [0.05, 0.1) is 43.9 Å². The van der Waals surface area contributed by atoms with Crippen molar-refractivity contribution in [3.63, 3.8) is 0 Å². The molecule has 0 N–H and O–H groups in total. The largest absolute Gasteiger partial charge is 0.268 e. The lowest BCUT2D eigenvalue weighted by atomic mass is 10.2. The fraction of sp³-hybridized carbons (Fsp3) is 0.0714. The molecule has 4 aromatic rings. The van der Waals surface area contributed by atoms with Crippen LogP contribution in [0.15, 0.2) is 36.7 Å². The quantitative estimate of drug-likeness (QED) is 0.535. The van der Waals surface area contributed by atoms with Gasteiger partial charge in [0.1, 0.15) is 0 Å². The van der Waals surface area contributed by atoms with Crippen molar-refractivity contribution in [2.45, 2.75) is 0 Å². The van der Waals surface area contributed by atoms with Gasteiger partial charge in [-0.15, -0.1) is 11.3 Å². The SMILES string of the molecule is Cn1ncc2cc3ncc(-c4ccc(Cl)s4)nc3cc21. The Balaban J connectivity index is 1.97. The van der Waals surface area contributed by atoms with E-state index in [0.29, 0.717) is 0 Å². The van der Waals surface area contributed by atoms with Gasteiger partial charge in [-0.3, -0.25) is 9.67 Å². The molecule has 3 heterocycles. The van der Waals surface area contributed by atoms with Crippen LogP contribution in [0.1, 0.15) is 0 Å². The number of hydrogen-bond acceptors (Lipinski definition) is 4. The highest BCUT2D eigenvalue weighted by molar-refractivity contribution is 7.19. The highest BCUT2D eigenvalue weighted by atomic mass is 35.5.